The number of benzene rings is 1. The molecule has 18 heavy (non-hydrogen) atoms. The molecule has 0 unspecified atom stereocenters. The smallest absolute Gasteiger partial charge is 0.228 e. The van der Waals surface area contributed by atoms with Gasteiger partial charge in [0.25, 0.3) is 0 Å². The highest BCUT2D eigenvalue weighted by Gasteiger charge is 2.06. The third-order valence-electron chi connectivity index (χ3n) is 2.78. The second-order valence-corrected chi connectivity index (χ2v) is 5.42. The molecule has 0 aliphatic carbocycles. The maximum Gasteiger partial charge on any atom is 0.228 e. The summed E-state index contributed by atoms with van der Waals surface area (Å²) in [5.41, 5.74) is 3.18. The summed E-state index contributed by atoms with van der Waals surface area (Å²) >= 11 is 1.61. The van der Waals surface area contributed by atoms with Crippen LogP contribution in [-0.2, 0) is 11.2 Å². The molecule has 0 fully saturated rings. The van der Waals surface area contributed by atoms with Crippen molar-refractivity contribution in [1.82, 2.24) is 0 Å². The summed E-state index contributed by atoms with van der Waals surface area (Å²) in [6.07, 6.45) is 0.440. The normalized spacial score (nSPS) is 10.6. The van der Waals surface area contributed by atoms with Gasteiger partial charge in [-0.3, -0.25) is 4.79 Å². The van der Waals surface area contributed by atoms with Crippen LogP contribution in [0, 0.1) is 0 Å². The van der Waals surface area contributed by atoms with E-state index >= 15 is 0 Å². The molecular weight excluding hydrogens is 242 g/mol. The molecular formula is C15H17NOS. The van der Waals surface area contributed by atoms with Gasteiger partial charge in [0.05, 0.1) is 6.42 Å². The van der Waals surface area contributed by atoms with Crippen LogP contribution in [0.2, 0.25) is 0 Å². The Hall–Kier alpha value is -1.61. The van der Waals surface area contributed by atoms with Crippen LogP contribution < -0.4 is 5.32 Å². The Balaban J connectivity index is 2.00. The molecule has 1 aromatic carbocycles. The molecule has 1 aromatic heterocycles. The standard InChI is InChI=1S/C15H17NOS/c1-11(2)13-4-3-5-14(9-13)16-15(17)8-12-6-7-18-10-12/h3-7,9-11H,8H2,1-2H3,(H,16,17). The molecule has 0 bridgehead atoms. The first-order chi connectivity index (χ1) is 8.65. The van der Waals surface area contributed by atoms with Crippen LogP contribution >= 0.6 is 11.3 Å². The van der Waals surface area contributed by atoms with E-state index < -0.39 is 0 Å². The summed E-state index contributed by atoms with van der Waals surface area (Å²) in [7, 11) is 0. The Morgan fingerprint density at radius 3 is 2.83 bits per heavy atom. The van der Waals surface area contributed by atoms with E-state index in [1.807, 2.05) is 35.0 Å². The van der Waals surface area contributed by atoms with E-state index in [-0.39, 0.29) is 5.91 Å². The topological polar surface area (TPSA) is 29.1 Å². The molecule has 1 heterocycles. The van der Waals surface area contributed by atoms with Crippen molar-refractivity contribution in [2.24, 2.45) is 0 Å². The van der Waals surface area contributed by atoms with E-state index in [4.69, 9.17) is 0 Å². The predicted octanol–water partition coefficient (Wildman–Crippen LogP) is 4.05. The molecule has 0 aliphatic rings. The lowest BCUT2D eigenvalue weighted by Gasteiger charge is -2.09. The quantitative estimate of drug-likeness (QED) is 0.881. The Morgan fingerprint density at radius 2 is 2.17 bits per heavy atom. The van der Waals surface area contributed by atoms with Gasteiger partial charge in [-0.25, -0.2) is 0 Å². The third kappa shape index (κ3) is 3.44. The summed E-state index contributed by atoms with van der Waals surface area (Å²) < 4.78 is 0. The first-order valence-corrected chi connectivity index (χ1v) is 7.00. The van der Waals surface area contributed by atoms with Crippen LogP contribution in [-0.4, -0.2) is 5.91 Å². The molecule has 0 aliphatic heterocycles. The van der Waals surface area contributed by atoms with E-state index in [9.17, 15) is 4.79 Å². The Labute approximate surface area is 112 Å². The molecule has 0 saturated carbocycles. The van der Waals surface area contributed by atoms with Crippen molar-refractivity contribution in [3.63, 3.8) is 0 Å². The van der Waals surface area contributed by atoms with Gasteiger partial charge in [0.2, 0.25) is 5.91 Å². The Morgan fingerprint density at radius 1 is 1.33 bits per heavy atom. The summed E-state index contributed by atoms with van der Waals surface area (Å²) in [5, 5.41) is 6.93. The number of anilines is 1. The second-order valence-electron chi connectivity index (χ2n) is 4.64. The molecule has 0 atom stereocenters. The highest BCUT2D eigenvalue weighted by molar-refractivity contribution is 7.08. The van der Waals surface area contributed by atoms with Crippen LogP contribution in [0.15, 0.2) is 41.1 Å². The van der Waals surface area contributed by atoms with Crippen LogP contribution in [0.5, 0.6) is 0 Å². The highest BCUT2D eigenvalue weighted by Crippen LogP contribution is 2.18. The molecule has 0 radical (unpaired) electrons. The molecule has 1 N–H and O–H groups in total. The van der Waals surface area contributed by atoms with Gasteiger partial charge in [-0.2, -0.15) is 11.3 Å². The summed E-state index contributed by atoms with van der Waals surface area (Å²) in [6, 6.07) is 10.0. The van der Waals surface area contributed by atoms with Crippen molar-refractivity contribution in [3.05, 3.63) is 52.2 Å². The Kier molecular flexibility index (Phi) is 4.15. The molecule has 2 nitrogen and oxygen atoms in total. The molecule has 3 heteroatoms. The van der Waals surface area contributed by atoms with E-state index in [2.05, 4.69) is 25.2 Å². The minimum Gasteiger partial charge on any atom is -0.326 e. The van der Waals surface area contributed by atoms with Crippen molar-refractivity contribution in [2.45, 2.75) is 26.2 Å². The SMILES string of the molecule is CC(C)c1cccc(NC(=O)Cc2ccsc2)c1. The van der Waals surface area contributed by atoms with E-state index in [1.165, 1.54) is 5.56 Å². The highest BCUT2D eigenvalue weighted by atomic mass is 32.1. The largest absolute Gasteiger partial charge is 0.326 e. The number of hydrogen-bond acceptors (Lipinski definition) is 2. The predicted molar refractivity (Wildman–Crippen MR) is 77.2 cm³/mol. The number of carbonyl (C=O) groups excluding carboxylic acids is 1. The molecule has 0 spiro atoms. The van der Waals surface area contributed by atoms with Crippen LogP contribution in [0.4, 0.5) is 5.69 Å². The number of carbonyl (C=O) groups is 1. The average molecular weight is 259 g/mol. The van der Waals surface area contributed by atoms with Crippen molar-refractivity contribution in [3.8, 4) is 0 Å². The number of thiophene rings is 1. The minimum absolute atomic E-state index is 0.0364. The molecule has 1 amide bonds. The van der Waals surface area contributed by atoms with Crippen LogP contribution in [0.25, 0.3) is 0 Å². The van der Waals surface area contributed by atoms with Gasteiger partial charge in [0.1, 0.15) is 0 Å². The van der Waals surface area contributed by atoms with Crippen LogP contribution in [0.3, 0.4) is 0 Å². The van der Waals surface area contributed by atoms with Crippen molar-refractivity contribution >= 4 is 22.9 Å². The van der Waals surface area contributed by atoms with E-state index in [1.54, 1.807) is 11.3 Å². The molecule has 2 aromatic rings. The fourth-order valence-electron chi connectivity index (χ4n) is 1.76. The monoisotopic (exact) mass is 259 g/mol. The second kappa shape index (κ2) is 5.83. The zero-order valence-corrected chi connectivity index (χ0v) is 11.5. The van der Waals surface area contributed by atoms with Gasteiger partial charge < -0.3 is 5.32 Å². The maximum atomic E-state index is 11.9. The van der Waals surface area contributed by atoms with Gasteiger partial charge in [-0.15, -0.1) is 0 Å². The van der Waals surface area contributed by atoms with Crippen molar-refractivity contribution in [1.29, 1.82) is 0 Å². The zero-order chi connectivity index (χ0) is 13.0. The van der Waals surface area contributed by atoms with Crippen molar-refractivity contribution in [2.75, 3.05) is 5.32 Å². The maximum absolute atomic E-state index is 11.9. The third-order valence-corrected chi connectivity index (χ3v) is 3.51. The minimum atomic E-state index is 0.0364. The van der Waals surface area contributed by atoms with Gasteiger partial charge >= 0.3 is 0 Å². The van der Waals surface area contributed by atoms with E-state index in [0.717, 1.165) is 11.3 Å². The van der Waals surface area contributed by atoms with Gasteiger partial charge in [0, 0.05) is 5.69 Å². The van der Waals surface area contributed by atoms with Gasteiger partial charge in [-0.05, 0) is 46.0 Å². The average Bonchev–Trinajstić information content (AvgIpc) is 2.82. The summed E-state index contributed by atoms with van der Waals surface area (Å²) in [4.78, 5) is 11.9. The van der Waals surface area contributed by atoms with Crippen LogP contribution in [0.1, 0.15) is 30.9 Å². The molecule has 94 valence electrons. The van der Waals surface area contributed by atoms with E-state index in [0.29, 0.717) is 12.3 Å². The Bertz CT molecular complexity index is 517. The van der Waals surface area contributed by atoms with Gasteiger partial charge in [-0.1, -0.05) is 26.0 Å². The van der Waals surface area contributed by atoms with Gasteiger partial charge in [0.15, 0.2) is 0 Å². The number of hydrogen-bond donors (Lipinski definition) is 1. The number of rotatable bonds is 4. The lowest BCUT2D eigenvalue weighted by molar-refractivity contribution is -0.115. The summed E-state index contributed by atoms with van der Waals surface area (Å²) in [6.45, 7) is 4.29. The first kappa shape index (κ1) is 12.8. The van der Waals surface area contributed by atoms with Crippen molar-refractivity contribution < 1.29 is 4.79 Å². The first-order valence-electron chi connectivity index (χ1n) is 6.06. The lowest BCUT2D eigenvalue weighted by Crippen LogP contribution is -2.14. The number of amides is 1. The fraction of sp³-hybridized carbons (Fsp3) is 0.267. The molecule has 0 saturated heterocycles. The zero-order valence-electron chi connectivity index (χ0n) is 10.6. The summed E-state index contributed by atoms with van der Waals surface area (Å²) in [5.74, 6) is 0.507. The fourth-order valence-corrected chi connectivity index (χ4v) is 2.43. The number of nitrogens with one attached hydrogen (secondary N) is 1. The molecule has 2 rings (SSSR count). The lowest BCUT2D eigenvalue weighted by atomic mass is 10.0.